The van der Waals surface area contributed by atoms with E-state index in [1.165, 1.54) is 7.11 Å². The van der Waals surface area contributed by atoms with Crippen molar-refractivity contribution < 1.29 is 9.53 Å². The highest BCUT2D eigenvalue weighted by Gasteiger charge is 2.10. The molecule has 0 saturated carbocycles. The van der Waals surface area contributed by atoms with Crippen LogP contribution >= 0.6 is 38.5 Å². The van der Waals surface area contributed by atoms with Crippen LogP contribution in [0.15, 0.2) is 16.6 Å². The van der Waals surface area contributed by atoms with Crippen molar-refractivity contribution in [1.82, 2.24) is 0 Å². The van der Waals surface area contributed by atoms with Crippen LogP contribution in [0.5, 0.6) is 0 Å². The minimum Gasteiger partial charge on any atom is -0.465 e. The summed E-state index contributed by atoms with van der Waals surface area (Å²) in [6.45, 7) is 0. The first-order valence-corrected chi connectivity index (χ1v) is 5.26. The standard InChI is InChI=1S/C8H7BrINO2/c1-13-8(12)4-2-5(9)7(11)6(10)3-4/h2-3H,11H2,1H3. The molecule has 2 N–H and O–H groups in total. The summed E-state index contributed by atoms with van der Waals surface area (Å²) in [4.78, 5) is 11.1. The SMILES string of the molecule is COC(=O)c1cc(Br)c(N)c(I)c1. The van der Waals surface area contributed by atoms with Crippen LogP contribution in [0.4, 0.5) is 5.69 Å². The molecule has 0 spiro atoms. The molecule has 0 radical (unpaired) electrons. The van der Waals surface area contributed by atoms with Gasteiger partial charge in [-0.25, -0.2) is 4.79 Å². The summed E-state index contributed by atoms with van der Waals surface area (Å²) in [7, 11) is 1.35. The van der Waals surface area contributed by atoms with Crippen LogP contribution in [0.2, 0.25) is 0 Å². The van der Waals surface area contributed by atoms with Crippen molar-refractivity contribution in [3.63, 3.8) is 0 Å². The minimum atomic E-state index is -0.362. The third-order valence-corrected chi connectivity index (χ3v) is 3.05. The summed E-state index contributed by atoms with van der Waals surface area (Å²) >= 11 is 5.32. The molecular weight excluding hydrogens is 349 g/mol. The third kappa shape index (κ3) is 2.34. The fourth-order valence-corrected chi connectivity index (χ4v) is 2.28. The lowest BCUT2D eigenvalue weighted by Crippen LogP contribution is -2.03. The molecule has 1 aromatic carbocycles. The first-order chi connectivity index (χ1) is 6.06. The van der Waals surface area contributed by atoms with Crippen molar-refractivity contribution in [2.45, 2.75) is 0 Å². The van der Waals surface area contributed by atoms with E-state index in [0.29, 0.717) is 15.7 Å². The van der Waals surface area contributed by atoms with Gasteiger partial charge in [-0.3, -0.25) is 0 Å². The van der Waals surface area contributed by atoms with Crippen molar-refractivity contribution in [2.75, 3.05) is 12.8 Å². The molecule has 1 aromatic rings. The second-order valence-corrected chi connectivity index (χ2v) is 4.36. The number of carbonyl (C=O) groups excluding carboxylic acids is 1. The molecule has 0 aliphatic carbocycles. The zero-order valence-corrected chi connectivity index (χ0v) is 10.5. The number of rotatable bonds is 1. The Morgan fingerprint density at radius 1 is 1.62 bits per heavy atom. The molecule has 0 amide bonds. The lowest BCUT2D eigenvalue weighted by Gasteiger charge is -2.04. The van der Waals surface area contributed by atoms with Crippen LogP contribution in [0.3, 0.4) is 0 Å². The quantitative estimate of drug-likeness (QED) is 0.478. The number of methoxy groups -OCH3 is 1. The van der Waals surface area contributed by atoms with Crippen LogP contribution in [0.1, 0.15) is 10.4 Å². The molecule has 0 heterocycles. The van der Waals surface area contributed by atoms with Gasteiger partial charge in [0.25, 0.3) is 0 Å². The zero-order valence-electron chi connectivity index (χ0n) is 6.80. The van der Waals surface area contributed by atoms with E-state index in [9.17, 15) is 4.79 Å². The van der Waals surface area contributed by atoms with E-state index in [2.05, 4.69) is 43.3 Å². The first kappa shape index (κ1) is 10.8. The molecule has 0 aromatic heterocycles. The van der Waals surface area contributed by atoms with E-state index in [1.54, 1.807) is 12.1 Å². The average Bonchev–Trinajstić information content (AvgIpc) is 2.12. The maximum absolute atomic E-state index is 11.1. The lowest BCUT2D eigenvalue weighted by molar-refractivity contribution is 0.0600. The topological polar surface area (TPSA) is 52.3 Å². The molecule has 0 saturated heterocycles. The molecule has 70 valence electrons. The highest BCUT2D eigenvalue weighted by atomic mass is 127. The van der Waals surface area contributed by atoms with Gasteiger partial charge in [-0.1, -0.05) is 0 Å². The number of anilines is 1. The van der Waals surface area contributed by atoms with Gasteiger partial charge in [0.2, 0.25) is 0 Å². The summed E-state index contributed by atoms with van der Waals surface area (Å²) < 4.78 is 6.12. The Bertz CT molecular complexity index is 331. The first-order valence-electron chi connectivity index (χ1n) is 3.39. The number of esters is 1. The molecule has 1 rings (SSSR count). The average molecular weight is 356 g/mol. The molecular formula is C8H7BrINO2. The zero-order chi connectivity index (χ0) is 10.0. The smallest absolute Gasteiger partial charge is 0.337 e. The Morgan fingerprint density at radius 2 is 2.23 bits per heavy atom. The Kier molecular flexibility index (Phi) is 3.55. The monoisotopic (exact) mass is 355 g/mol. The maximum atomic E-state index is 11.1. The number of halogens is 2. The molecule has 0 aliphatic rings. The Balaban J connectivity index is 3.20. The van der Waals surface area contributed by atoms with E-state index in [4.69, 9.17) is 5.73 Å². The fraction of sp³-hybridized carbons (Fsp3) is 0.125. The van der Waals surface area contributed by atoms with Gasteiger partial charge < -0.3 is 10.5 Å². The van der Waals surface area contributed by atoms with Crippen LogP contribution in [-0.2, 0) is 4.74 Å². The molecule has 0 aliphatic heterocycles. The number of nitrogens with two attached hydrogens (primary N) is 1. The van der Waals surface area contributed by atoms with Gasteiger partial charge in [-0.15, -0.1) is 0 Å². The second kappa shape index (κ2) is 4.28. The molecule has 3 nitrogen and oxygen atoms in total. The number of hydrogen-bond donors (Lipinski definition) is 1. The van der Waals surface area contributed by atoms with Gasteiger partial charge in [-0.05, 0) is 50.7 Å². The summed E-state index contributed by atoms with van der Waals surface area (Å²) in [6, 6.07) is 3.33. The number of benzene rings is 1. The van der Waals surface area contributed by atoms with Crippen LogP contribution in [0.25, 0.3) is 0 Å². The molecule has 0 unspecified atom stereocenters. The number of hydrogen-bond acceptors (Lipinski definition) is 3. The largest absolute Gasteiger partial charge is 0.465 e. The van der Waals surface area contributed by atoms with Gasteiger partial charge in [0.05, 0.1) is 18.4 Å². The highest BCUT2D eigenvalue weighted by Crippen LogP contribution is 2.26. The summed E-state index contributed by atoms with van der Waals surface area (Å²) in [5, 5.41) is 0. The molecule has 5 heteroatoms. The van der Waals surface area contributed by atoms with Crippen molar-refractivity contribution in [1.29, 1.82) is 0 Å². The third-order valence-electron chi connectivity index (χ3n) is 1.50. The summed E-state index contributed by atoms with van der Waals surface area (Å²) in [6.07, 6.45) is 0. The lowest BCUT2D eigenvalue weighted by atomic mass is 10.2. The van der Waals surface area contributed by atoms with Crippen LogP contribution in [0, 0.1) is 3.57 Å². The van der Waals surface area contributed by atoms with Crippen LogP contribution in [-0.4, -0.2) is 13.1 Å². The maximum Gasteiger partial charge on any atom is 0.337 e. The fourth-order valence-electron chi connectivity index (χ4n) is 0.820. The molecule has 13 heavy (non-hydrogen) atoms. The predicted octanol–water partition coefficient (Wildman–Crippen LogP) is 2.42. The van der Waals surface area contributed by atoms with Crippen molar-refractivity contribution in [3.8, 4) is 0 Å². The van der Waals surface area contributed by atoms with Crippen molar-refractivity contribution in [2.24, 2.45) is 0 Å². The van der Waals surface area contributed by atoms with E-state index in [-0.39, 0.29) is 5.97 Å². The summed E-state index contributed by atoms with van der Waals surface area (Å²) in [5.74, 6) is -0.362. The van der Waals surface area contributed by atoms with Gasteiger partial charge >= 0.3 is 5.97 Å². The van der Waals surface area contributed by atoms with Gasteiger partial charge in [-0.2, -0.15) is 0 Å². The van der Waals surface area contributed by atoms with Crippen molar-refractivity contribution in [3.05, 3.63) is 25.7 Å². The number of carbonyl (C=O) groups is 1. The number of ether oxygens (including phenoxy) is 1. The number of nitrogen functional groups attached to an aromatic ring is 1. The van der Waals surface area contributed by atoms with Gasteiger partial charge in [0.1, 0.15) is 0 Å². The van der Waals surface area contributed by atoms with E-state index < -0.39 is 0 Å². The van der Waals surface area contributed by atoms with E-state index >= 15 is 0 Å². The van der Waals surface area contributed by atoms with Gasteiger partial charge in [0.15, 0.2) is 0 Å². The normalized spacial score (nSPS) is 9.77. The Morgan fingerprint density at radius 3 is 2.69 bits per heavy atom. The highest BCUT2D eigenvalue weighted by molar-refractivity contribution is 14.1. The summed E-state index contributed by atoms with van der Waals surface area (Å²) in [5.41, 5.74) is 6.81. The molecule has 0 fully saturated rings. The van der Waals surface area contributed by atoms with E-state index in [0.717, 1.165) is 3.57 Å². The van der Waals surface area contributed by atoms with Crippen LogP contribution < -0.4 is 5.73 Å². The van der Waals surface area contributed by atoms with E-state index in [1.807, 2.05) is 0 Å². The molecule has 0 bridgehead atoms. The Labute approximate surface area is 97.9 Å². The van der Waals surface area contributed by atoms with Crippen molar-refractivity contribution >= 4 is 50.2 Å². The molecule has 0 atom stereocenters. The Hall–Kier alpha value is -0.300. The second-order valence-electron chi connectivity index (χ2n) is 2.35. The van der Waals surface area contributed by atoms with Gasteiger partial charge in [0, 0.05) is 8.04 Å². The predicted molar refractivity (Wildman–Crippen MR) is 62.6 cm³/mol. The minimum absolute atomic E-state index is 0.362.